The summed E-state index contributed by atoms with van der Waals surface area (Å²) in [6.07, 6.45) is -4.52. The number of nitrogens with one attached hydrogen (secondary N) is 1. The van der Waals surface area contributed by atoms with E-state index in [9.17, 15) is 18.0 Å². The number of ether oxygens (including phenoxy) is 1. The van der Waals surface area contributed by atoms with E-state index in [-0.39, 0.29) is 12.4 Å². The van der Waals surface area contributed by atoms with Gasteiger partial charge in [-0.15, -0.1) is 0 Å². The van der Waals surface area contributed by atoms with E-state index in [2.05, 4.69) is 5.32 Å². The summed E-state index contributed by atoms with van der Waals surface area (Å²) in [5, 5.41) is 2.78. The van der Waals surface area contributed by atoms with Crippen molar-refractivity contribution < 1.29 is 22.7 Å². The Balaban J connectivity index is 2.97. The third kappa shape index (κ3) is 4.41. The number of hydrogen-bond acceptors (Lipinski definition) is 3. The van der Waals surface area contributed by atoms with E-state index in [0.29, 0.717) is 12.1 Å². The summed E-state index contributed by atoms with van der Waals surface area (Å²) in [5.74, 6) is -1.58. The molecular weight excluding hydrogens is 273 g/mol. The molecule has 7 heteroatoms. The van der Waals surface area contributed by atoms with Gasteiger partial charge in [0.05, 0.1) is 18.1 Å². The van der Waals surface area contributed by atoms with Crippen LogP contribution in [0.5, 0.6) is 5.75 Å². The van der Waals surface area contributed by atoms with Crippen LogP contribution in [0.1, 0.15) is 18.1 Å². The zero-order valence-electron chi connectivity index (χ0n) is 11.3. The van der Waals surface area contributed by atoms with Crippen molar-refractivity contribution in [1.29, 1.82) is 0 Å². The average Bonchev–Trinajstić information content (AvgIpc) is 2.35. The third-order valence-corrected chi connectivity index (χ3v) is 2.70. The number of halogens is 3. The maximum absolute atomic E-state index is 13.0. The summed E-state index contributed by atoms with van der Waals surface area (Å²) in [4.78, 5) is 10.9. The molecule has 0 aromatic heterocycles. The Morgan fingerprint density at radius 1 is 1.45 bits per heavy atom. The topological polar surface area (TPSA) is 64.3 Å². The van der Waals surface area contributed by atoms with Crippen molar-refractivity contribution >= 4 is 5.91 Å². The van der Waals surface area contributed by atoms with Crippen LogP contribution in [0.3, 0.4) is 0 Å². The van der Waals surface area contributed by atoms with Gasteiger partial charge in [-0.2, -0.15) is 13.2 Å². The molecule has 1 aromatic rings. The average molecular weight is 290 g/mol. The lowest BCUT2D eigenvalue weighted by Gasteiger charge is -2.16. The Labute approximate surface area is 115 Å². The molecule has 0 radical (unpaired) electrons. The molecule has 112 valence electrons. The molecule has 0 bridgehead atoms. The first kappa shape index (κ1) is 16.3. The van der Waals surface area contributed by atoms with Gasteiger partial charge in [0.1, 0.15) is 5.75 Å². The van der Waals surface area contributed by atoms with E-state index in [1.54, 1.807) is 7.05 Å². The summed E-state index contributed by atoms with van der Waals surface area (Å²) in [6, 6.07) is 3.82. The second-order valence-corrected chi connectivity index (χ2v) is 4.47. The fourth-order valence-corrected chi connectivity index (χ4v) is 1.54. The number of hydrogen-bond donors (Lipinski definition) is 2. The van der Waals surface area contributed by atoms with Crippen molar-refractivity contribution in [2.24, 2.45) is 11.7 Å². The molecule has 0 aliphatic carbocycles. The van der Waals surface area contributed by atoms with Crippen molar-refractivity contribution in [1.82, 2.24) is 5.32 Å². The molecule has 3 N–H and O–H groups in total. The zero-order valence-corrected chi connectivity index (χ0v) is 11.3. The maximum atomic E-state index is 13.0. The van der Waals surface area contributed by atoms with Crippen molar-refractivity contribution in [3.63, 3.8) is 0 Å². The van der Waals surface area contributed by atoms with Gasteiger partial charge in [-0.3, -0.25) is 4.79 Å². The zero-order chi connectivity index (χ0) is 15.3. The first-order valence-corrected chi connectivity index (χ1v) is 6.02. The molecule has 0 aliphatic heterocycles. The highest BCUT2D eigenvalue weighted by molar-refractivity contribution is 5.76. The van der Waals surface area contributed by atoms with Gasteiger partial charge in [0.25, 0.3) is 0 Å². The smallest absolute Gasteiger partial charge is 0.419 e. The second kappa shape index (κ2) is 6.60. The number of amides is 1. The Hall–Kier alpha value is -1.76. The fraction of sp³-hybridized carbons (Fsp3) is 0.462. The van der Waals surface area contributed by atoms with Gasteiger partial charge in [-0.1, -0.05) is 13.0 Å². The van der Waals surface area contributed by atoms with Crippen LogP contribution in [-0.4, -0.2) is 19.6 Å². The first-order valence-electron chi connectivity index (χ1n) is 6.02. The van der Waals surface area contributed by atoms with Crippen LogP contribution in [0, 0.1) is 5.92 Å². The van der Waals surface area contributed by atoms with Crippen molar-refractivity contribution in [3.05, 3.63) is 29.3 Å². The second-order valence-electron chi connectivity index (χ2n) is 4.47. The highest BCUT2D eigenvalue weighted by Crippen LogP contribution is 2.37. The highest BCUT2D eigenvalue weighted by Gasteiger charge is 2.34. The van der Waals surface area contributed by atoms with Gasteiger partial charge < -0.3 is 15.8 Å². The number of carbonyl (C=O) groups is 1. The summed E-state index contributed by atoms with van der Waals surface area (Å²) in [5.41, 5.74) is 4.67. The van der Waals surface area contributed by atoms with Crippen LogP contribution in [0.15, 0.2) is 18.2 Å². The summed E-state index contributed by atoms with van der Waals surface area (Å²) in [7, 11) is 1.65. The quantitative estimate of drug-likeness (QED) is 0.841. The molecule has 1 rings (SSSR count). The first-order chi connectivity index (χ1) is 9.25. The number of rotatable bonds is 6. The molecule has 0 fully saturated rings. The summed E-state index contributed by atoms with van der Waals surface area (Å²) in [6.45, 7) is 1.62. The molecule has 0 saturated carbocycles. The molecular formula is C13H17F3N2O2. The van der Waals surface area contributed by atoms with Crippen LogP contribution in [-0.2, 0) is 17.5 Å². The minimum atomic E-state index is -4.52. The summed E-state index contributed by atoms with van der Waals surface area (Å²) < 4.78 is 44.0. The molecule has 1 aromatic carbocycles. The Morgan fingerprint density at radius 2 is 2.10 bits per heavy atom. The van der Waals surface area contributed by atoms with Gasteiger partial charge >= 0.3 is 6.18 Å². The van der Waals surface area contributed by atoms with Crippen LogP contribution >= 0.6 is 0 Å². The van der Waals surface area contributed by atoms with Crippen LogP contribution in [0.2, 0.25) is 0 Å². The van der Waals surface area contributed by atoms with Gasteiger partial charge in [0.2, 0.25) is 5.91 Å². The molecule has 0 heterocycles. The van der Waals surface area contributed by atoms with E-state index < -0.39 is 23.6 Å². The van der Waals surface area contributed by atoms with Crippen LogP contribution in [0.25, 0.3) is 0 Å². The number of carbonyl (C=O) groups excluding carboxylic acids is 1. The number of nitrogens with two attached hydrogens (primary N) is 1. The SMILES string of the molecule is CNCc1ccc(OCC(C)C(N)=O)c(C(F)(F)F)c1. The predicted molar refractivity (Wildman–Crippen MR) is 68.1 cm³/mol. The van der Waals surface area contributed by atoms with E-state index in [0.717, 1.165) is 6.07 Å². The Morgan fingerprint density at radius 3 is 2.60 bits per heavy atom. The number of benzene rings is 1. The Kier molecular flexibility index (Phi) is 5.38. The molecule has 1 unspecified atom stereocenters. The maximum Gasteiger partial charge on any atom is 0.419 e. The predicted octanol–water partition coefficient (Wildman–Crippen LogP) is 1.92. The number of primary amides is 1. The van der Waals surface area contributed by atoms with E-state index in [1.807, 2.05) is 0 Å². The molecule has 4 nitrogen and oxygen atoms in total. The standard InChI is InChI=1S/C13H17F3N2O2/c1-8(12(17)19)7-20-11-4-3-9(6-18-2)5-10(11)13(14,15)16/h3-5,8,18H,6-7H2,1-2H3,(H2,17,19). The third-order valence-electron chi connectivity index (χ3n) is 2.70. The lowest BCUT2D eigenvalue weighted by atomic mass is 10.1. The van der Waals surface area contributed by atoms with Gasteiger partial charge in [0, 0.05) is 6.54 Å². The normalized spacial score (nSPS) is 13.1. The number of alkyl halides is 3. The molecule has 0 aliphatic rings. The largest absolute Gasteiger partial charge is 0.492 e. The van der Waals surface area contributed by atoms with Gasteiger partial charge in [0.15, 0.2) is 0 Å². The fourth-order valence-electron chi connectivity index (χ4n) is 1.54. The minimum absolute atomic E-state index is 0.191. The van der Waals surface area contributed by atoms with Gasteiger partial charge in [-0.05, 0) is 24.7 Å². The van der Waals surface area contributed by atoms with Crippen molar-refractivity contribution in [3.8, 4) is 5.75 Å². The minimum Gasteiger partial charge on any atom is -0.492 e. The van der Waals surface area contributed by atoms with E-state index in [4.69, 9.17) is 10.5 Å². The van der Waals surface area contributed by atoms with E-state index in [1.165, 1.54) is 19.1 Å². The molecule has 1 atom stereocenters. The highest BCUT2D eigenvalue weighted by atomic mass is 19.4. The summed E-state index contributed by atoms with van der Waals surface area (Å²) >= 11 is 0. The van der Waals surface area contributed by atoms with E-state index >= 15 is 0 Å². The molecule has 0 saturated heterocycles. The van der Waals surface area contributed by atoms with Gasteiger partial charge in [-0.25, -0.2) is 0 Å². The lowest BCUT2D eigenvalue weighted by molar-refractivity contribution is -0.139. The van der Waals surface area contributed by atoms with Crippen molar-refractivity contribution in [2.75, 3.05) is 13.7 Å². The van der Waals surface area contributed by atoms with Crippen LogP contribution in [0.4, 0.5) is 13.2 Å². The lowest BCUT2D eigenvalue weighted by Crippen LogP contribution is -2.26. The molecule has 20 heavy (non-hydrogen) atoms. The molecule has 1 amide bonds. The molecule has 0 spiro atoms. The Bertz CT molecular complexity index is 475. The van der Waals surface area contributed by atoms with Crippen LogP contribution < -0.4 is 15.8 Å². The monoisotopic (exact) mass is 290 g/mol. The van der Waals surface area contributed by atoms with Crippen molar-refractivity contribution in [2.45, 2.75) is 19.6 Å².